The van der Waals surface area contributed by atoms with Gasteiger partial charge in [-0.15, -0.1) is 12.4 Å². The second-order valence-electron chi connectivity index (χ2n) is 5.19. The van der Waals surface area contributed by atoms with Crippen molar-refractivity contribution in [3.63, 3.8) is 0 Å². The molecule has 112 valence electrons. The topological polar surface area (TPSA) is 59.0 Å². The molecule has 1 atom stereocenters. The number of aryl methyl sites for hydroxylation is 1. The maximum Gasteiger partial charge on any atom is 0.251 e. The zero-order chi connectivity index (χ0) is 14.1. The molecule has 1 aromatic carbocycles. The van der Waals surface area contributed by atoms with Crippen molar-refractivity contribution in [2.45, 2.75) is 19.4 Å². The van der Waals surface area contributed by atoms with Crippen LogP contribution in [0.25, 0.3) is 0 Å². The van der Waals surface area contributed by atoms with Crippen molar-refractivity contribution < 1.29 is 4.79 Å². The van der Waals surface area contributed by atoms with Gasteiger partial charge in [0.1, 0.15) is 0 Å². The summed E-state index contributed by atoms with van der Waals surface area (Å²) in [4.78, 5) is 12.3. The molecule has 2 N–H and O–H groups in total. The summed E-state index contributed by atoms with van der Waals surface area (Å²) in [5.41, 5.74) is 4.07. The number of carbonyl (C=O) groups is 1. The fourth-order valence-corrected chi connectivity index (χ4v) is 2.47. The van der Waals surface area contributed by atoms with E-state index in [2.05, 4.69) is 15.7 Å². The molecule has 0 aliphatic carbocycles. The largest absolute Gasteiger partial charge is 0.384 e. The smallest absolute Gasteiger partial charge is 0.251 e. The molecule has 2 aromatic rings. The van der Waals surface area contributed by atoms with E-state index in [9.17, 15) is 4.79 Å². The highest BCUT2D eigenvalue weighted by molar-refractivity contribution is 5.95. The number of nitrogens with zero attached hydrogens (tertiary/aromatic N) is 2. The van der Waals surface area contributed by atoms with Gasteiger partial charge in [-0.25, -0.2) is 0 Å². The molecule has 2 heterocycles. The first-order valence-corrected chi connectivity index (χ1v) is 6.79. The van der Waals surface area contributed by atoms with Gasteiger partial charge in [0.2, 0.25) is 0 Å². The monoisotopic (exact) mass is 306 g/mol. The number of carbonyl (C=O) groups excluding carboxylic acids is 1. The Morgan fingerprint density at radius 2 is 2.29 bits per heavy atom. The Morgan fingerprint density at radius 1 is 1.48 bits per heavy atom. The fraction of sp³-hybridized carbons (Fsp3) is 0.333. The zero-order valence-electron chi connectivity index (χ0n) is 12.1. The van der Waals surface area contributed by atoms with Gasteiger partial charge in [-0.1, -0.05) is 0 Å². The molecule has 1 amide bonds. The van der Waals surface area contributed by atoms with Gasteiger partial charge in [-0.05, 0) is 37.1 Å². The predicted molar refractivity (Wildman–Crippen MR) is 85.0 cm³/mol. The minimum atomic E-state index is -0.0532. The lowest BCUT2D eigenvalue weighted by Gasteiger charge is -2.12. The molecule has 0 saturated heterocycles. The van der Waals surface area contributed by atoms with Crippen LogP contribution in [0, 0.1) is 0 Å². The summed E-state index contributed by atoms with van der Waals surface area (Å²) in [7, 11) is 1.87. The number of amides is 1. The Bertz CT molecular complexity index is 653. The number of fused-ring (bicyclic) bond motifs is 1. The Balaban J connectivity index is 0.00000161. The quantitative estimate of drug-likeness (QED) is 0.915. The van der Waals surface area contributed by atoms with Crippen LogP contribution in [0.2, 0.25) is 0 Å². The van der Waals surface area contributed by atoms with E-state index >= 15 is 0 Å². The van der Waals surface area contributed by atoms with E-state index < -0.39 is 0 Å². The van der Waals surface area contributed by atoms with Crippen LogP contribution in [0.3, 0.4) is 0 Å². The molecule has 5 nitrogen and oxygen atoms in total. The highest BCUT2D eigenvalue weighted by Crippen LogP contribution is 2.23. The second kappa shape index (κ2) is 6.18. The molecule has 21 heavy (non-hydrogen) atoms. The van der Waals surface area contributed by atoms with Crippen LogP contribution in [0.4, 0.5) is 5.69 Å². The Hall–Kier alpha value is -2.01. The normalized spacial score (nSPS) is 13.8. The van der Waals surface area contributed by atoms with E-state index in [-0.39, 0.29) is 24.4 Å². The standard InChI is InChI=1S/C15H18N4O.ClH/c1-10(13-8-17-19(2)9-13)18-15(20)12-3-4-14-11(7-12)5-6-16-14;/h3-4,7-10,16H,5-6H2,1-2H3,(H,18,20);1H. The first-order chi connectivity index (χ1) is 9.63. The number of aromatic nitrogens is 2. The van der Waals surface area contributed by atoms with Crippen LogP contribution in [-0.4, -0.2) is 22.2 Å². The highest BCUT2D eigenvalue weighted by Gasteiger charge is 2.16. The summed E-state index contributed by atoms with van der Waals surface area (Å²) >= 11 is 0. The van der Waals surface area contributed by atoms with Crippen LogP contribution in [0.5, 0.6) is 0 Å². The molecule has 3 rings (SSSR count). The minimum Gasteiger partial charge on any atom is -0.384 e. The zero-order valence-corrected chi connectivity index (χ0v) is 12.9. The summed E-state index contributed by atoms with van der Waals surface area (Å²) in [6.45, 7) is 2.91. The number of benzene rings is 1. The molecule has 1 aliphatic rings. The van der Waals surface area contributed by atoms with Crippen molar-refractivity contribution in [2.24, 2.45) is 7.05 Å². The maximum absolute atomic E-state index is 12.3. The number of nitrogens with one attached hydrogen (secondary N) is 2. The molecular formula is C15H19ClN4O. The molecule has 0 bridgehead atoms. The molecule has 0 saturated carbocycles. The highest BCUT2D eigenvalue weighted by atomic mass is 35.5. The van der Waals surface area contributed by atoms with E-state index in [0.29, 0.717) is 5.56 Å². The van der Waals surface area contributed by atoms with Gasteiger partial charge in [0, 0.05) is 36.6 Å². The molecule has 1 aromatic heterocycles. The summed E-state index contributed by atoms with van der Waals surface area (Å²) in [6.07, 6.45) is 4.67. The SMILES string of the molecule is CC(NC(=O)c1ccc2c(c1)CCN2)c1cnn(C)c1.Cl. The molecule has 6 heteroatoms. The summed E-state index contributed by atoms with van der Waals surface area (Å²) < 4.78 is 1.74. The van der Waals surface area contributed by atoms with Gasteiger partial charge < -0.3 is 10.6 Å². The minimum absolute atomic E-state index is 0. The van der Waals surface area contributed by atoms with Gasteiger partial charge in [0.05, 0.1) is 12.2 Å². The first-order valence-electron chi connectivity index (χ1n) is 6.79. The van der Waals surface area contributed by atoms with E-state index in [0.717, 1.165) is 24.2 Å². The lowest BCUT2D eigenvalue weighted by atomic mass is 10.1. The number of hydrogen-bond acceptors (Lipinski definition) is 3. The van der Waals surface area contributed by atoms with Gasteiger partial charge in [0.25, 0.3) is 5.91 Å². The molecule has 0 spiro atoms. The average Bonchev–Trinajstić information content (AvgIpc) is 3.05. The third-order valence-corrected chi connectivity index (χ3v) is 3.65. The maximum atomic E-state index is 12.3. The third kappa shape index (κ3) is 3.19. The molecule has 1 unspecified atom stereocenters. The van der Waals surface area contributed by atoms with Crippen LogP contribution in [-0.2, 0) is 13.5 Å². The van der Waals surface area contributed by atoms with E-state index in [4.69, 9.17) is 0 Å². The van der Waals surface area contributed by atoms with E-state index in [1.165, 1.54) is 5.56 Å². The lowest BCUT2D eigenvalue weighted by Crippen LogP contribution is -2.26. The summed E-state index contributed by atoms with van der Waals surface area (Å²) in [5.74, 6) is -0.0453. The van der Waals surface area contributed by atoms with Crippen LogP contribution < -0.4 is 10.6 Å². The Labute approximate surface area is 130 Å². The van der Waals surface area contributed by atoms with Crippen LogP contribution in [0.15, 0.2) is 30.6 Å². The van der Waals surface area contributed by atoms with Crippen LogP contribution >= 0.6 is 12.4 Å². The van der Waals surface area contributed by atoms with Gasteiger partial charge >= 0.3 is 0 Å². The number of hydrogen-bond donors (Lipinski definition) is 2. The second-order valence-corrected chi connectivity index (χ2v) is 5.19. The van der Waals surface area contributed by atoms with Gasteiger partial charge in [-0.3, -0.25) is 9.48 Å². The van der Waals surface area contributed by atoms with Crippen molar-refractivity contribution in [3.8, 4) is 0 Å². The first kappa shape index (κ1) is 15.4. The van der Waals surface area contributed by atoms with Crippen molar-refractivity contribution >= 4 is 24.0 Å². The van der Waals surface area contributed by atoms with Gasteiger partial charge in [0.15, 0.2) is 0 Å². The van der Waals surface area contributed by atoms with Gasteiger partial charge in [-0.2, -0.15) is 5.10 Å². The van der Waals surface area contributed by atoms with E-state index in [1.807, 2.05) is 38.4 Å². The average molecular weight is 307 g/mol. The Morgan fingerprint density at radius 3 is 3.00 bits per heavy atom. The van der Waals surface area contributed by atoms with Crippen molar-refractivity contribution in [1.29, 1.82) is 0 Å². The number of anilines is 1. The van der Waals surface area contributed by atoms with Crippen molar-refractivity contribution in [3.05, 3.63) is 47.3 Å². The summed E-state index contributed by atoms with van der Waals surface area (Å²) in [5, 5.41) is 10.4. The fourth-order valence-electron chi connectivity index (χ4n) is 2.47. The van der Waals surface area contributed by atoms with Crippen molar-refractivity contribution in [1.82, 2.24) is 15.1 Å². The van der Waals surface area contributed by atoms with E-state index in [1.54, 1.807) is 10.9 Å². The van der Waals surface area contributed by atoms with Crippen molar-refractivity contribution in [2.75, 3.05) is 11.9 Å². The van der Waals surface area contributed by atoms with Crippen LogP contribution in [0.1, 0.15) is 34.5 Å². The summed E-state index contributed by atoms with van der Waals surface area (Å²) in [6, 6.07) is 5.76. The molecular weight excluding hydrogens is 288 g/mol. The predicted octanol–water partition coefficient (Wildman–Crippen LogP) is 2.30. The number of halogens is 1. The number of rotatable bonds is 3. The Kier molecular flexibility index (Phi) is 4.53. The molecule has 0 fully saturated rings. The molecule has 0 radical (unpaired) electrons. The molecule has 1 aliphatic heterocycles. The lowest BCUT2D eigenvalue weighted by molar-refractivity contribution is 0.0940. The third-order valence-electron chi connectivity index (χ3n) is 3.65.